The lowest BCUT2D eigenvalue weighted by atomic mass is 9.63. The van der Waals surface area contributed by atoms with E-state index in [1.54, 1.807) is 0 Å². The van der Waals surface area contributed by atoms with Crippen molar-refractivity contribution >= 4 is 5.84 Å². The molecule has 11 heavy (non-hydrogen) atoms. The van der Waals surface area contributed by atoms with Crippen molar-refractivity contribution in [3.05, 3.63) is 0 Å². The molecule has 2 nitrogen and oxygen atoms in total. The minimum absolute atomic E-state index is 0.681. The quantitative estimate of drug-likeness (QED) is 0.560. The standard InChI is InChI=1S/C9H16N2/c1-10-8-7-9(3-2-4-9)5-6-11-8/h2-7H2,1H3,(H,10,11). The van der Waals surface area contributed by atoms with Crippen LogP contribution in [0.25, 0.3) is 0 Å². The molecule has 1 heterocycles. The van der Waals surface area contributed by atoms with E-state index in [1.165, 1.54) is 37.9 Å². The Balaban J connectivity index is 2.03. The molecule has 62 valence electrons. The van der Waals surface area contributed by atoms with Crippen molar-refractivity contribution in [1.29, 1.82) is 0 Å². The number of piperidine rings is 1. The monoisotopic (exact) mass is 152 g/mol. The highest BCUT2D eigenvalue weighted by Crippen LogP contribution is 2.47. The van der Waals surface area contributed by atoms with Gasteiger partial charge >= 0.3 is 0 Å². The Morgan fingerprint density at radius 2 is 2.18 bits per heavy atom. The number of nitrogens with one attached hydrogen (secondary N) is 1. The maximum absolute atomic E-state index is 4.23. The molecule has 2 rings (SSSR count). The molecule has 1 aliphatic carbocycles. The molecule has 0 bridgehead atoms. The zero-order valence-electron chi connectivity index (χ0n) is 7.19. The van der Waals surface area contributed by atoms with Gasteiger partial charge in [-0.15, -0.1) is 0 Å². The first-order valence-electron chi connectivity index (χ1n) is 4.54. The van der Waals surface area contributed by atoms with Gasteiger partial charge < -0.3 is 5.32 Å². The minimum Gasteiger partial charge on any atom is -0.374 e. The summed E-state index contributed by atoms with van der Waals surface area (Å²) in [5.41, 5.74) is 0.681. The van der Waals surface area contributed by atoms with Crippen molar-refractivity contribution in [1.82, 2.24) is 5.32 Å². The summed E-state index contributed by atoms with van der Waals surface area (Å²) in [6, 6.07) is 0. The fourth-order valence-electron chi connectivity index (χ4n) is 2.24. The molecule has 1 N–H and O–H groups in total. The van der Waals surface area contributed by atoms with E-state index >= 15 is 0 Å². The smallest absolute Gasteiger partial charge is 0.0965 e. The zero-order valence-corrected chi connectivity index (χ0v) is 7.19. The van der Waals surface area contributed by atoms with E-state index in [0.29, 0.717) is 5.41 Å². The highest BCUT2D eigenvalue weighted by Gasteiger charge is 2.39. The Morgan fingerprint density at radius 1 is 1.36 bits per heavy atom. The molecule has 0 aromatic carbocycles. The van der Waals surface area contributed by atoms with Gasteiger partial charge in [0, 0.05) is 20.0 Å². The largest absolute Gasteiger partial charge is 0.374 e. The van der Waals surface area contributed by atoms with Gasteiger partial charge in [-0.2, -0.15) is 0 Å². The molecule has 0 aromatic heterocycles. The molecule has 0 unspecified atom stereocenters. The van der Waals surface area contributed by atoms with Crippen molar-refractivity contribution < 1.29 is 0 Å². The molecule has 0 atom stereocenters. The van der Waals surface area contributed by atoms with Crippen LogP contribution in [0, 0.1) is 5.41 Å². The van der Waals surface area contributed by atoms with Crippen LogP contribution >= 0.6 is 0 Å². The van der Waals surface area contributed by atoms with Crippen LogP contribution in [-0.2, 0) is 0 Å². The molecule has 2 heteroatoms. The van der Waals surface area contributed by atoms with Crippen LogP contribution in [0.4, 0.5) is 0 Å². The van der Waals surface area contributed by atoms with Crippen molar-refractivity contribution in [2.75, 3.05) is 13.6 Å². The van der Waals surface area contributed by atoms with Gasteiger partial charge in [0.25, 0.3) is 0 Å². The van der Waals surface area contributed by atoms with Gasteiger partial charge in [0.05, 0.1) is 5.84 Å². The summed E-state index contributed by atoms with van der Waals surface area (Å²) in [7, 11) is 1.89. The van der Waals surface area contributed by atoms with Gasteiger partial charge in [-0.25, -0.2) is 0 Å². The van der Waals surface area contributed by atoms with Gasteiger partial charge in [-0.05, 0) is 24.7 Å². The molecular formula is C9H16N2. The summed E-state index contributed by atoms with van der Waals surface area (Å²) in [6.45, 7) is 1.15. The second kappa shape index (κ2) is 2.50. The Labute approximate surface area is 68.1 Å². The van der Waals surface area contributed by atoms with E-state index < -0.39 is 0 Å². The fraction of sp³-hybridized carbons (Fsp3) is 0.889. The maximum Gasteiger partial charge on any atom is 0.0965 e. The van der Waals surface area contributed by atoms with Crippen LogP contribution in [0.3, 0.4) is 0 Å². The third-order valence-electron chi connectivity index (χ3n) is 3.21. The van der Waals surface area contributed by atoms with Gasteiger partial charge in [0.2, 0.25) is 0 Å². The summed E-state index contributed by atoms with van der Waals surface area (Å²) in [5.74, 6) is 1.23. The molecule has 2 fully saturated rings. The summed E-state index contributed by atoms with van der Waals surface area (Å²) < 4.78 is 0. The summed E-state index contributed by atoms with van der Waals surface area (Å²) >= 11 is 0. The molecule has 1 aliphatic heterocycles. The van der Waals surface area contributed by atoms with E-state index in [4.69, 9.17) is 0 Å². The second-order valence-electron chi connectivity index (χ2n) is 3.88. The van der Waals surface area contributed by atoms with E-state index in [1.807, 2.05) is 7.05 Å². The molecule has 0 aromatic rings. The van der Waals surface area contributed by atoms with Gasteiger partial charge in [0.1, 0.15) is 0 Å². The average Bonchev–Trinajstić information content (AvgIpc) is 2.02. The molecule has 2 aliphatic rings. The van der Waals surface area contributed by atoms with E-state index in [2.05, 4.69) is 10.3 Å². The van der Waals surface area contributed by atoms with Gasteiger partial charge in [-0.3, -0.25) is 4.99 Å². The fourth-order valence-corrected chi connectivity index (χ4v) is 2.24. The number of amidine groups is 1. The molecule has 0 radical (unpaired) electrons. The number of rotatable bonds is 0. The van der Waals surface area contributed by atoms with Crippen LogP contribution in [0.15, 0.2) is 4.99 Å². The molecule has 1 spiro atoms. The first-order valence-corrected chi connectivity index (χ1v) is 4.54. The zero-order chi connectivity index (χ0) is 7.73. The number of aliphatic imine (C=N–C) groups is 1. The number of nitrogens with zero attached hydrogens (tertiary/aromatic N) is 1. The molecule has 0 amide bonds. The topological polar surface area (TPSA) is 24.4 Å². The van der Waals surface area contributed by atoms with Crippen LogP contribution in [0.5, 0.6) is 0 Å². The summed E-state index contributed by atoms with van der Waals surface area (Å²) in [6.07, 6.45) is 6.90. The third-order valence-corrected chi connectivity index (χ3v) is 3.21. The normalized spacial score (nSPS) is 31.5. The van der Waals surface area contributed by atoms with Crippen molar-refractivity contribution in [2.24, 2.45) is 10.4 Å². The highest BCUT2D eigenvalue weighted by molar-refractivity contribution is 5.83. The van der Waals surface area contributed by atoms with E-state index in [0.717, 1.165) is 6.54 Å². The van der Waals surface area contributed by atoms with Crippen molar-refractivity contribution in [3.8, 4) is 0 Å². The Hall–Kier alpha value is -0.530. The highest BCUT2D eigenvalue weighted by atomic mass is 15.0. The predicted octanol–water partition coefficient (Wildman–Crippen LogP) is 1.57. The Morgan fingerprint density at radius 3 is 2.73 bits per heavy atom. The predicted molar refractivity (Wildman–Crippen MR) is 46.9 cm³/mol. The first kappa shape index (κ1) is 7.14. The van der Waals surface area contributed by atoms with Crippen LogP contribution in [0.2, 0.25) is 0 Å². The lowest BCUT2D eigenvalue weighted by molar-refractivity contribution is 0.120. The van der Waals surface area contributed by atoms with Gasteiger partial charge in [-0.1, -0.05) is 6.42 Å². The first-order chi connectivity index (χ1) is 5.35. The van der Waals surface area contributed by atoms with Crippen LogP contribution < -0.4 is 5.32 Å². The minimum atomic E-state index is 0.681. The van der Waals surface area contributed by atoms with E-state index in [-0.39, 0.29) is 0 Å². The van der Waals surface area contributed by atoms with Crippen LogP contribution in [0.1, 0.15) is 32.1 Å². The van der Waals surface area contributed by atoms with Crippen molar-refractivity contribution in [3.63, 3.8) is 0 Å². The second-order valence-corrected chi connectivity index (χ2v) is 3.88. The lowest BCUT2D eigenvalue weighted by Gasteiger charge is -2.45. The lowest BCUT2D eigenvalue weighted by Crippen LogP contribution is -2.44. The van der Waals surface area contributed by atoms with Crippen molar-refractivity contribution in [2.45, 2.75) is 32.1 Å². The number of hydrogen-bond acceptors (Lipinski definition) is 1. The number of hydrogen-bond donors (Lipinski definition) is 1. The Bertz CT molecular complexity index is 180. The van der Waals surface area contributed by atoms with E-state index in [9.17, 15) is 0 Å². The molecular weight excluding hydrogens is 136 g/mol. The summed E-state index contributed by atoms with van der Waals surface area (Å²) in [4.78, 5) is 4.23. The SMILES string of the molecule is CN=C1CC2(CCC2)CCN1. The van der Waals surface area contributed by atoms with Gasteiger partial charge in [0.15, 0.2) is 0 Å². The van der Waals surface area contributed by atoms with Crippen LogP contribution in [-0.4, -0.2) is 19.4 Å². The molecule has 1 saturated heterocycles. The third kappa shape index (κ3) is 1.15. The molecule has 1 saturated carbocycles. The average molecular weight is 152 g/mol. The Kier molecular flexibility index (Phi) is 1.63. The maximum atomic E-state index is 4.23. The summed E-state index contributed by atoms with van der Waals surface area (Å²) in [5, 5.41) is 3.34.